The van der Waals surface area contributed by atoms with Gasteiger partial charge in [0, 0.05) is 39.3 Å². The van der Waals surface area contributed by atoms with Crippen LogP contribution >= 0.6 is 0 Å². The van der Waals surface area contributed by atoms with Crippen LogP contribution in [0, 0.1) is 0 Å². The second-order valence-corrected chi connectivity index (χ2v) is 6.92. The summed E-state index contributed by atoms with van der Waals surface area (Å²) < 4.78 is 5.78. The molecule has 0 spiro atoms. The van der Waals surface area contributed by atoms with E-state index in [0.29, 0.717) is 13.2 Å². The Morgan fingerprint density at radius 3 is 2.30 bits per heavy atom. The Labute approximate surface area is 161 Å². The van der Waals surface area contributed by atoms with Crippen LogP contribution in [0.1, 0.15) is 12.5 Å². The molecule has 0 radical (unpaired) electrons. The number of carbonyl (C=O) groups excluding carboxylic acids is 1. The van der Waals surface area contributed by atoms with Gasteiger partial charge in [-0.1, -0.05) is 48.5 Å². The zero-order valence-corrected chi connectivity index (χ0v) is 16.0. The molecule has 144 valence electrons. The third-order valence-corrected chi connectivity index (χ3v) is 5.06. The van der Waals surface area contributed by atoms with E-state index in [4.69, 9.17) is 4.74 Å². The molecule has 0 saturated carbocycles. The maximum absolute atomic E-state index is 12.4. The van der Waals surface area contributed by atoms with Gasteiger partial charge in [0.15, 0.2) is 0 Å². The van der Waals surface area contributed by atoms with Crippen LogP contribution in [0.5, 0.6) is 5.75 Å². The Balaban J connectivity index is 1.34. The van der Waals surface area contributed by atoms with Crippen molar-refractivity contribution in [2.24, 2.45) is 0 Å². The minimum absolute atomic E-state index is 0.0970. The van der Waals surface area contributed by atoms with Crippen LogP contribution < -0.4 is 10.1 Å². The highest BCUT2D eigenvalue weighted by Gasteiger charge is 2.25. The van der Waals surface area contributed by atoms with Crippen molar-refractivity contribution in [1.29, 1.82) is 0 Å². The third-order valence-electron chi connectivity index (χ3n) is 5.06. The van der Waals surface area contributed by atoms with E-state index >= 15 is 0 Å². The first kappa shape index (κ1) is 19.4. The molecule has 0 bridgehead atoms. The first-order valence-corrected chi connectivity index (χ1v) is 9.68. The number of hydrogen-bond donors (Lipinski definition) is 1. The maximum Gasteiger partial charge on any atom is 0.237 e. The number of nitrogens with one attached hydrogen (secondary N) is 1. The van der Waals surface area contributed by atoms with E-state index in [9.17, 15) is 4.79 Å². The van der Waals surface area contributed by atoms with E-state index in [1.165, 1.54) is 0 Å². The summed E-state index contributed by atoms with van der Waals surface area (Å²) in [5, 5.41) is 3.05. The summed E-state index contributed by atoms with van der Waals surface area (Å²) in [6, 6.07) is 19.8. The lowest BCUT2D eigenvalue weighted by Crippen LogP contribution is -2.54. The van der Waals surface area contributed by atoms with Crippen molar-refractivity contribution in [3.63, 3.8) is 0 Å². The number of hydrogen-bond acceptors (Lipinski definition) is 4. The van der Waals surface area contributed by atoms with E-state index in [0.717, 1.165) is 44.0 Å². The van der Waals surface area contributed by atoms with Crippen molar-refractivity contribution in [3.8, 4) is 5.75 Å². The molecule has 0 aromatic heterocycles. The second kappa shape index (κ2) is 10.1. The minimum atomic E-state index is -0.101. The van der Waals surface area contributed by atoms with Gasteiger partial charge in [-0.3, -0.25) is 14.6 Å². The van der Waals surface area contributed by atoms with Gasteiger partial charge < -0.3 is 10.1 Å². The van der Waals surface area contributed by atoms with Gasteiger partial charge in [-0.15, -0.1) is 0 Å². The molecular formula is C22H29N3O2. The molecule has 2 aromatic rings. The van der Waals surface area contributed by atoms with Gasteiger partial charge in [-0.25, -0.2) is 0 Å². The predicted molar refractivity (Wildman–Crippen MR) is 108 cm³/mol. The van der Waals surface area contributed by atoms with E-state index in [1.54, 1.807) is 0 Å². The highest BCUT2D eigenvalue weighted by molar-refractivity contribution is 5.81. The van der Waals surface area contributed by atoms with Crippen molar-refractivity contribution in [1.82, 2.24) is 15.1 Å². The van der Waals surface area contributed by atoms with Gasteiger partial charge in [-0.2, -0.15) is 0 Å². The highest BCUT2D eigenvalue weighted by atomic mass is 16.5. The SMILES string of the molecule is CC(C(=O)NCc1ccccc1)N1CCN(CCOc2ccccc2)CC1. The quantitative estimate of drug-likeness (QED) is 0.778. The van der Waals surface area contributed by atoms with E-state index in [1.807, 2.05) is 67.6 Å². The van der Waals surface area contributed by atoms with Gasteiger partial charge in [0.25, 0.3) is 0 Å². The lowest BCUT2D eigenvalue weighted by atomic mass is 10.2. The van der Waals surface area contributed by atoms with Crippen molar-refractivity contribution >= 4 is 5.91 Å². The Hall–Kier alpha value is -2.37. The fourth-order valence-electron chi connectivity index (χ4n) is 3.28. The monoisotopic (exact) mass is 367 g/mol. The smallest absolute Gasteiger partial charge is 0.237 e. The molecule has 1 N–H and O–H groups in total. The van der Waals surface area contributed by atoms with Crippen LogP contribution in [0.15, 0.2) is 60.7 Å². The molecule has 5 nitrogen and oxygen atoms in total. The molecule has 27 heavy (non-hydrogen) atoms. The zero-order chi connectivity index (χ0) is 18.9. The Morgan fingerprint density at radius 2 is 1.63 bits per heavy atom. The summed E-state index contributed by atoms with van der Waals surface area (Å²) in [6.45, 7) is 7.93. The zero-order valence-electron chi connectivity index (χ0n) is 16.0. The van der Waals surface area contributed by atoms with Crippen LogP contribution in [-0.2, 0) is 11.3 Å². The number of para-hydroxylation sites is 1. The summed E-state index contributed by atoms with van der Waals surface area (Å²) in [5.41, 5.74) is 1.13. The van der Waals surface area contributed by atoms with Gasteiger partial charge >= 0.3 is 0 Å². The second-order valence-electron chi connectivity index (χ2n) is 6.92. The largest absolute Gasteiger partial charge is 0.492 e. The molecule has 1 atom stereocenters. The van der Waals surface area contributed by atoms with Crippen LogP contribution in [0.25, 0.3) is 0 Å². The van der Waals surface area contributed by atoms with Crippen LogP contribution in [0.3, 0.4) is 0 Å². The first-order chi connectivity index (χ1) is 13.2. The standard InChI is InChI=1S/C22H29N3O2/c1-19(22(26)23-18-20-8-4-2-5-9-20)25-14-12-24(13-15-25)16-17-27-21-10-6-3-7-11-21/h2-11,19H,12-18H2,1H3,(H,23,26). The number of carbonyl (C=O) groups is 1. The molecule has 5 heteroatoms. The molecular weight excluding hydrogens is 338 g/mol. The average molecular weight is 367 g/mol. The molecule has 1 unspecified atom stereocenters. The van der Waals surface area contributed by atoms with E-state index in [-0.39, 0.29) is 11.9 Å². The molecule has 1 amide bonds. The number of ether oxygens (including phenoxy) is 1. The van der Waals surface area contributed by atoms with Gasteiger partial charge in [0.1, 0.15) is 12.4 Å². The van der Waals surface area contributed by atoms with Gasteiger partial charge in [0.2, 0.25) is 5.91 Å². The first-order valence-electron chi connectivity index (χ1n) is 9.68. The molecule has 1 aliphatic heterocycles. The maximum atomic E-state index is 12.4. The van der Waals surface area contributed by atoms with Crippen LogP contribution in [0.4, 0.5) is 0 Å². The fraction of sp³-hybridized carbons (Fsp3) is 0.409. The number of benzene rings is 2. The van der Waals surface area contributed by atoms with Crippen molar-refractivity contribution in [2.75, 3.05) is 39.3 Å². The van der Waals surface area contributed by atoms with Crippen LogP contribution in [-0.4, -0.2) is 61.1 Å². The highest BCUT2D eigenvalue weighted by Crippen LogP contribution is 2.10. The summed E-state index contributed by atoms with van der Waals surface area (Å²) >= 11 is 0. The Morgan fingerprint density at radius 1 is 1.00 bits per heavy atom. The molecule has 1 fully saturated rings. The van der Waals surface area contributed by atoms with E-state index < -0.39 is 0 Å². The molecule has 1 heterocycles. The van der Waals surface area contributed by atoms with Crippen LogP contribution in [0.2, 0.25) is 0 Å². The Kier molecular flexibility index (Phi) is 7.25. The molecule has 1 saturated heterocycles. The normalized spacial score (nSPS) is 16.6. The average Bonchev–Trinajstić information content (AvgIpc) is 2.73. The Bertz CT molecular complexity index is 685. The molecule has 2 aromatic carbocycles. The molecule has 0 aliphatic carbocycles. The number of nitrogens with zero attached hydrogens (tertiary/aromatic N) is 2. The molecule has 1 aliphatic rings. The van der Waals surface area contributed by atoms with Crippen molar-refractivity contribution in [2.45, 2.75) is 19.5 Å². The lowest BCUT2D eigenvalue weighted by molar-refractivity contribution is -0.126. The van der Waals surface area contributed by atoms with Gasteiger partial charge in [0.05, 0.1) is 6.04 Å². The summed E-state index contributed by atoms with van der Waals surface area (Å²) in [6.07, 6.45) is 0. The number of rotatable bonds is 8. The topological polar surface area (TPSA) is 44.8 Å². The van der Waals surface area contributed by atoms with E-state index in [2.05, 4.69) is 15.1 Å². The van der Waals surface area contributed by atoms with Crippen molar-refractivity contribution < 1.29 is 9.53 Å². The lowest BCUT2D eigenvalue weighted by Gasteiger charge is -2.37. The summed E-state index contributed by atoms with van der Waals surface area (Å²) in [7, 11) is 0. The van der Waals surface area contributed by atoms with Crippen molar-refractivity contribution in [3.05, 3.63) is 66.2 Å². The number of amides is 1. The fourth-order valence-corrected chi connectivity index (χ4v) is 3.28. The number of piperazine rings is 1. The minimum Gasteiger partial charge on any atom is -0.492 e. The third kappa shape index (κ3) is 6.08. The summed E-state index contributed by atoms with van der Waals surface area (Å²) in [5.74, 6) is 1.01. The van der Waals surface area contributed by atoms with Gasteiger partial charge in [-0.05, 0) is 24.6 Å². The predicted octanol–water partition coefficient (Wildman–Crippen LogP) is 2.39. The summed E-state index contributed by atoms with van der Waals surface area (Å²) in [4.78, 5) is 17.1. The molecule has 3 rings (SSSR count).